The van der Waals surface area contributed by atoms with Crippen LogP contribution in [-0.2, 0) is 9.53 Å². The molecule has 156 valence electrons. The van der Waals surface area contributed by atoms with Crippen molar-refractivity contribution in [1.29, 1.82) is 0 Å². The zero-order valence-corrected chi connectivity index (χ0v) is 17.1. The Morgan fingerprint density at radius 1 is 1.31 bits per heavy atom. The van der Waals surface area contributed by atoms with E-state index in [1.807, 2.05) is 30.1 Å². The van der Waals surface area contributed by atoms with Crippen molar-refractivity contribution in [3.63, 3.8) is 0 Å². The molecule has 1 unspecified atom stereocenters. The fourth-order valence-corrected chi connectivity index (χ4v) is 4.38. The number of para-hydroxylation sites is 1. The van der Waals surface area contributed by atoms with Gasteiger partial charge in [0.15, 0.2) is 0 Å². The first-order chi connectivity index (χ1) is 14.2. The molecule has 1 aromatic carbocycles. The largest absolute Gasteiger partial charge is 0.488 e. The molecule has 29 heavy (non-hydrogen) atoms. The maximum Gasteiger partial charge on any atom is 0.246 e. The SMILES string of the molecule is C=CC(=O)N1CCCCC(n2c(NC)nc3cccc(OC4CCOCC4)c32)C1. The van der Waals surface area contributed by atoms with Crippen LogP contribution in [0.4, 0.5) is 5.95 Å². The van der Waals surface area contributed by atoms with Gasteiger partial charge in [-0.1, -0.05) is 12.6 Å². The third-order valence-electron chi connectivity index (χ3n) is 5.86. The molecule has 0 saturated carbocycles. The summed E-state index contributed by atoms with van der Waals surface area (Å²) < 4.78 is 14.1. The van der Waals surface area contributed by atoms with Crippen molar-refractivity contribution < 1.29 is 14.3 Å². The van der Waals surface area contributed by atoms with Crippen LogP contribution < -0.4 is 10.1 Å². The third-order valence-corrected chi connectivity index (χ3v) is 5.86. The van der Waals surface area contributed by atoms with Crippen molar-refractivity contribution in [3.8, 4) is 5.75 Å². The van der Waals surface area contributed by atoms with E-state index in [0.717, 1.165) is 74.6 Å². The zero-order valence-electron chi connectivity index (χ0n) is 17.1. The molecule has 0 radical (unpaired) electrons. The number of nitrogens with one attached hydrogen (secondary N) is 1. The monoisotopic (exact) mass is 398 g/mol. The number of nitrogens with zero attached hydrogens (tertiary/aromatic N) is 3. The summed E-state index contributed by atoms with van der Waals surface area (Å²) in [5.74, 6) is 1.65. The van der Waals surface area contributed by atoms with Crippen LogP contribution in [-0.4, -0.2) is 59.8 Å². The molecule has 1 atom stereocenters. The summed E-state index contributed by atoms with van der Waals surface area (Å²) >= 11 is 0. The lowest BCUT2D eigenvalue weighted by atomic mass is 10.1. The first-order valence-electron chi connectivity index (χ1n) is 10.6. The molecule has 1 N–H and O–H groups in total. The number of likely N-dealkylation sites (tertiary alicyclic amines) is 1. The van der Waals surface area contributed by atoms with Gasteiger partial charge in [0.2, 0.25) is 11.9 Å². The van der Waals surface area contributed by atoms with Gasteiger partial charge in [-0.2, -0.15) is 0 Å². The molecule has 2 aliphatic heterocycles. The minimum atomic E-state index is -0.00833. The van der Waals surface area contributed by atoms with E-state index in [2.05, 4.69) is 16.5 Å². The molecule has 2 aliphatic rings. The predicted molar refractivity (Wildman–Crippen MR) is 113 cm³/mol. The van der Waals surface area contributed by atoms with Crippen LogP contribution in [0, 0.1) is 0 Å². The average molecular weight is 399 g/mol. The lowest BCUT2D eigenvalue weighted by Crippen LogP contribution is -2.34. The second kappa shape index (κ2) is 8.86. The molecule has 7 heteroatoms. The van der Waals surface area contributed by atoms with Gasteiger partial charge in [0.1, 0.15) is 17.4 Å². The van der Waals surface area contributed by atoms with Gasteiger partial charge in [0.25, 0.3) is 0 Å². The van der Waals surface area contributed by atoms with E-state index in [4.69, 9.17) is 14.5 Å². The molecular weight excluding hydrogens is 368 g/mol. The van der Waals surface area contributed by atoms with Crippen molar-refractivity contribution in [2.45, 2.75) is 44.2 Å². The van der Waals surface area contributed by atoms with Crippen LogP contribution in [0.15, 0.2) is 30.9 Å². The maximum atomic E-state index is 12.3. The van der Waals surface area contributed by atoms with Crippen molar-refractivity contribution in [3.05, 3.63) is 30.9 Å². The Morgan fingerprint density at radius 3 is 2.90 bits per heavy atom. The highest BCUT2D eigenvalue weighted by Crippen LogP contribution is 2.35. The van der Waals surface area contributed by atoms with Crippen LogP contribution in [0.1, 0.15) is 38.1 Å². The topological polar surface area (TPSA) is 68.6 Å². The molecule has 7 nitrogen and oxygen atoms in total. The molecule has 0 spiro atoms. The van der Waals surface area contributed by atoms with Gasteiger partial charge in [-0.15, -0.1) is 0 Å². The van der Waals surface area contributed by atoms with E-state index in [-0.39, 0.29) is 18.1 Å². The zero-order chi connectivity index (χ0) is 20.2. The molecule has 0 bridgehead atoms. The van der Waals surface area contributed by atoms with E-state index in [1.54, 1.807) is 0 Å². The van der Waals surface area contributed by atoms with Gasteiger partial charge in [0.05, 0.1) is 24.8 Å². The molecular formula is C22H30N4O3. The van der Waals surface area contributed by atoms with E-state index in [1.165, 1.54) is 6.08 Å². The number of benzene rings is 1. The van der Waals surface area contributed by atoms with Gasteiger partial charge >= 0.3 is 0 Å². The minimum absolute atomic E-state index is 0.00833. The third kappa shape index (κ3) is 4.10. The average Bonchev–Trinajstić information content (AvgIpc) is 2.97. The fourth-order valence-electron chi connectivity index (χ4n) is 4.38. The molecule has 3 heterocycles. The van der Waals surface area contributed by atoms with Crippen LogP contribution in [0.5, 0.6) is 5.75 Å². The first-order valence-corrected chi connectivity index (χ1v) is 10.6. The fraction of sp³-hybridized carbons (Fsp3) is 0.545. The molecule has 2 saturated heterocycles. The second-order valence-corrected chi connectivity index (χ2v) is 7.75. The number of hydrogen-bond acceptors (Lipinski definition) is 5. The van der Waals surface area contributed by atoms with Crippen molar-refractivity contribution in [2.24, 2.45) is 0 Å². The summed E-state index contributed by atoms with van der Waals surface area (Å²) in [5, 5.41) is 3.24. The lowest BCUT2D eigenvalue weighted by Gasteiger charge is -2.27. The normalized spacial score (nSPS) is 21.0. The highest BCUT2D eigenvalue weighted by Gasteiger charge is 2.27. The standard InChI is InChI=1S/C22H30N4O3/c1-3-20(27)25-12-5-4-7-16(15-25)26-21-18(24-22(26)23-2)8-6-9-19(21)29-17-10-13-28-14-11-17/h3,6,8-9,16-17H,1,4-5,7,10-15H2,2H3,(H,23,24). The number of anilines is 1. The Kier molecular flexibility index (Phi) is 6.04. The Labute approximate surface area is 171 Å². The van der Waals surface area contributed by atoms with Gasteiger partial charge < -0.3 is 24.3 Å². The molecule has 4 rings (SSSR count). The van der Waals surface area contributed by atoms with Crippen molar-refractivity contribution in [1.82, 2.24) is 14.5 Å². The summed E-state index contributed by atoms with van der Waals surface area (Å²) in [6, 6.07) is 6.17. The number of ether oxygens (including phenoxy) is 2. The Morgan fingerprint density at radius 2 is 2.14 bits per heavy atom. The van der Waals surface area contributed by atoms with Gasteiger partial charge in [0, 0.05) is 33.0 Å². The number of rotatable bonds is 5. The quantitative estimate of drug-likeness (QED) is 0.782. The number of imidazole rings is 1. The maximum absolute atomic E-state index is 12.3. The smallest absolute Gasteiger partial charge is 0.246 e. The Balaban J connectivity index is 1.73. The summed E-state index contributed by atoms with van der Waals surface area (Å²) in [6.45, 7) is 6.56. The van der Waals surface area contributed by atoms with E-state index < -0.39 is 0 Å². The molecule has 1 aromatic heterocycles. The Hall–Kier alpha value is -2.54. The summed E-state index contributed by atoms with van der Waals surface area (Å²) in [7, 11) is 1.89. The van der Waals surface area contributed by atoms with Crippen LogP contribution in [0.2, 0.25) is 0 Å². The summed E-state index contributed by atoms with van der Waals surface area (Å²) in [6.07, 6.45) is 6.42. The molecule has 1 amide bonds. The van der Waals surface area contributed by atoms with Crippen LogP contribution in [0.3, 0.4) is 0 Å². The number of aromatic nitrogens is 2. The summed E-state index contributed by atoms with van der Waals surface area (Å²) in [5.41, 5.74) is 1.91. The van der Waals surface area contributed by atoms with Gasteiger partial charge in [-0.05, 0) is 37.5 Å². The number of carbonyl (C=O) groups excluding carboxylic acids is 1. The summed E-state index contributed by atoms with van der Waals surface area (Å²) in [4.78, 5) is 19.0. The minimum Gasteiger partial charge on any atom is -0.488 e. The van der Waals surface area contributed by atoms with Crippen LogP contribution >= 0.6 is 0 Å². The number of hydrogen-bond donors (Lipinski definition) is 1. The molecule has 2 fully saturated rings. The van der Waals surface area contributed by atoms with Crippen molar-refractivity contribution in [2.75, 3.05) is 38.7 Å². The highest BCUT2D eigenvalue weighted by molar-refractivity contribution is 5.87. The number of carbonyl (C=O) groups is 1. The highest BCUT2D eigenvalue weighted by atomic mass is 16.5. The van der Waals surface area contributed by atoms with Crippen LogP contribution in [0.25, 0.3) is 11.0 Å². The molecule has 2 aromatic rings. The Bertz CT molecular complexity index is 872. The molecule has 0 aliphatic carbocycles. The van der Waals surface area contributed by atoms with E-state index in [9.17, 15) is 4.79 Å². The predicted octanol–water partition coefficient (Wildman–Crippen LogP) is 3.38. The number of amides is 1. The second-order valence-electron chi connectivity index (χ2n) is 7.75. The van der Waals surface area contributed by atoms with E-state index in [0.29, 0.717) is 6.54 Å². The lowest BCUT2D eigenvalue weighted by molar-refractivity contribution is -0.126. The van der Waals surface area contributed by atoms with E-state index >= 15 is 0 Å². The van der Waals surface area contributed by atoms with Gasteiger partial charge in [-0.3, -0.25) is 4.79 Å². The van der Waals surface area contributed by atoms with Crippen molar-refractivity contribution >= 4 is 22.9 Å². The van der Waals surface area contributed by atoms with Gasteiger partial charge in [-0.25, -0.2) is 4.98 Å². The first kappa shape index (κ1) is 19.8. The number of fused-ring (bicyclic) bond motifs is 1.